The van der Waals surface area contributed by atoms with Crippen molar-refractivity contribution in [2.45, 2.75) is 12.1 Å². The van der Waals surface area contributed by atoms with E-state index in [0.717, 1.165) is 21.8 Å². The Hall–Kier alpha value is -2.35. The van der Waals surface area contributed by atoms with Gasteiger partial charge in [-0.1, -0.05) is 18.2 Å². The first-order valence-corrected chi connectivity index (χ1v) is 9.88. The first-order chi connectivity index (χ1) is 12.6. The van der Waals surface area contributed by atoms with Crippen molar-refractivity contribution in [3.8, 4) is 5.75 Å². The molecule has 2 heterocycles. The van der Waals surface area contributed by atoms with Crippen LogP contribution in [0.25, 0.3) is 0 Å². The van der Waals surface area contributed by atoms with Crippen LogP contribution < -0.4 is 15.4 Å². The maximum Gasteiger partial charge on any atom is 0.315 e. The third-order valence-corrected chi connectivity index (χ3v) is 5.75. The number of hydrogen-bond donors (Lipinski definition) is 3. The van der Waals surface area contributed by atoms with Crippen molar-refractivity contribution in [1.29, 1.82) is 0 Å². The van der Waals surface area contributed by atoms with E-state index in [1.54, 1.807) is 7.11 Å². The average molecular weight is 389 g/mol. The summed E-state index contributed by atoms with van der Waals surface area (Å²) in [6.07, 6.45) is 0. The summed E-state index contributed by atoms with van der Waals surface area (Å²) in [5.74, 6) is 0.773. The van der Waals surface area contributed by atoms with Gasteiger partial charge in [0.1, 0.15) is 11.4 Å². The minimum atomic E-state index is -1.23. The van der Waals surface area contributed by atoms with Crippen LogP contribution in [0.2, 0.25) is 0 Å². The number of carbonyl (C=O) groups is 1. The highest BCUT2D eigenvalue weighted by molar-refractivity contribution is 7.10. The molecule has 1 atom stereocenters. The number of hydrogen-bond acceptors (Lipinski definition) is 5. The third kappa shape index (κ3) is 4.24. The summed E-state index contributed by atoms with van der Waals surface area (Å²) in [6.45, 7) is 0.490. The maximum atomic E-state index is 12.2. The smallest absolute Gasteiger partial charge is 0.315 e. The number of ether oxygens (including phenoxy) is 1. The molecule has 0 radical (unpaired) electrons. The molecule has 1 aromatic carbocycles. The van der Waals surface area contributed by atoms with Gasteiger partial charge >= 0.3 is 6.03 Å². The molecule has 0 aliphatic heterocycles. The molecule has 26 heavy (non-hydrogen) atoms. The first kappa shape index (κ1) is 18.4. The predicted octanol–water partition coefficient (Wildman–Crippen LogP) is 3.55. The number of rotatable bonds is 7. The molecule has 0 aliphatic carbocycles. The number of benzene rings is 1. The van der Waals surface area contributed by atoms with E-state index in [-0.39, 0.29) is 12.6 Å². The van der Waals surface area contributed by atoms with Gasteiger partial charge in [-0.05, 0) is 46.0 Å². The topological polar surface area (TPSA) is 70.6 Å². The molecule has 3 rings (SSSR count). The predicted molar refractivity (Wildman–Crippen MR) is 105 cm³/mol. The molecule has 7 heteroatoms. The summed E-state index contributed by atoms with van der Waals surface area (Å²) >= 11 is 2.98. The SMILES string of the molecule is COc1ccc(CNC(=O)NCC(O)(c2ccsc2)c2cccs2)cc1. The fourth-order valence-corrected chi connectivity index (χ4v) is 4.11. The molecule has 136 valence electrons. The van der Waals surface area contributed by atoms with E-state index in [1.807, 2.05) is 58.6 Å². The Labute approximate surface area is 160 Å². The number of nitrogens with one attached hydrogen (secondary N) is 2. The van der Waals surface area contributed by atoms with Gasteiger partial charge in [-0.15, -0.1) is 11.3 Å². The van der Waals surface area contributed by atoms with E-state index >= 15 is 0 Å². The molecule has 0 spiro atoms. The lowest BCUT2D eigenvalue weighted by Crippen LogP contribution is -2.44. The Balaban J connectivity index is 1.59. The standard InChI is InChI=1S/C19H20N2O3S2/c1-24-16-6-4-14(5-7-16)11-20-18(22)21-13-19(23,15-8-10-25-12-15)17-3-2-9-26-17/h2-10,12,23H,11,13H2,1H3,(H2,20,21,22). The summed E-state index contributed by atoms with van der Waals surface area (Å²) in [7, 11) is 1.61. The van der Waals surface area contributed by atoms with Crippen LogP contribution >= 0.6 is 22.7 Å². The molecular formula is C19H20N2O3S2. The third-order valence-electron chi connectivity index (χ3n) is 4.04. The Kier molecular flexibility index (Phi) is 5.92. The Bertz CT molecular complexity index is 781. The molecule has 0 fully saturated rings. The van der Waals surface area contributed by atoms with Crippen molar-refractivity contribution in [1.82, 2.24) is 10.6 Å². The second-order valence-corrected chi connectivity index (χ2v) is 7.46. The molecule has 3 aromatic rings. The van der Waals surface area contributed by atoms with Crippen LogP contribution in [0.5, 0.6) is 5.75 Å². The van der Waals surface area contributed by atoms with Crippen LogP contribution in [0.4, 0.5) is 4.79 Å². The fraction of sp³-hybridized carbons (Fsp3) is 0.211. The zero-order valence-corrected chi connectivity index (χ0v) is 15.9. The molecule has 0 saturated heterocycles. The van der Waals surface area contributed by atoms with E-state index in [1.165, 1.54) is 22.7 Å². The fourth-order valence-electron chi connectivity index (χ4n) is 2.54. The van der Waals surface area contributed by atoms with Crippen molar-refractivity contribution in [2.24, 2.45) is 0 Å². The molecule has 0 aliphatic rings. The van der Waals surface area contributed by atoms with E-state index in [9.17, 15) is 9.90 Å². The monoisotopic (exact) mass is 388 g/mol. The van der Waals surface area contributed by atoms with E-state index in [0.29, 0.717) is 6.54 Å². The molecular weight excluding hydrogens is 368 g/mol. The lowest BCUT2D eigenvalue weighted by Gasteiger charge is -2.27. The maximum absolute atomic E-state index is 12.2. The van der Waals surface area contributed by atoms with Crippen molar-refractivity contribution < 1.29 is 14.6 Å². The van der Waals surface area contributed by atoms with Crippen LogP contribution in [0, 0.1) is 0 Å². The van der Waals surface area contributed by atoms with Crippen LogP contribution in [-0.4, -0.2) is 24.8 Å². The quantitative estimate of drug-likeness (QED) is 0.580. The highest BCUT2D eigenvalue weighted by atomic mass is 32.1. The molecule has 2 amide bonds. The second-order valence-electron chi connectivity index (χ2n) is 5.73. The largest absolute Gasteiger partial charge is 0.497 e. The highest BCUT2D eigenvalue weighted by Crippen LogP contribution is 2.33. The summed E-state index contributed by atoms with van der Waals surface area (Å²) in [4.78, 5) is 13.0. The van der Waals surface area contributed by atoms with Gasteiger partial charge in [0.2, 0.25) is 0 Å². The molecule has 0 saturated carbocycles. The van der Waals surface area contributed by atoms with Crippen LogP contribution in [0.15, 0.2) is 58.6 Å². The number of thiophene rings is 2. The number of methoxy groups -OCH3 is 1. The van der Waals surface area contributed by atoms with Gasteiger partial charge in [-0.2, -0.15) is 11.3 Å². The Morgan fingerprint density at radius 3 is 2.58 bits per heavy atom. The summed E-state index contributed by atoms with van der Waals surface area (Å²) in [6, 6.07) is 12.8. The normalized spacial score (nSPS) is 13.0. The first-order valence-electron chi connectivity index (χ1n) is 8.05. The number of carbonyl (C=O) groups excluding carboxylic acids is 1. The minimum absolute atomic E-state index is 0.0959. The molecule has 1 unspecified atom stereocenters. The van der Waals surface area contributed by atoms with Gasteiger partial charge in [0.05, 0.1) is 13.7 Å². The van der Waals surface area contributed by atoms with Crippen LogP contribution in [0.3, 0.4) is 0 Å². The summed E-state index contributed by atoms with van der Waals surface area (Å²) in [5, 5.41) is 22.5. The Morgan fingerprint density at radius 1 is 1.15 bits per heavy atom. The summed E-state index contributed by atoms with van der Waals surface area (Å²) < 4.78 is 5.12. The van der Waals surface area contributed by atoms with Crippen molar-refractivity contribution >= 4 is 28.7 Å². The summed E-state index contributed by atoms with van der Waals surface area (Å²) in [5.41, 5.74) is 0.513. The van der Waals surface area contributed by atoms with E-state index in [4.69, 9.17) is 4.74 Å². The van der Waals surface area contributed by atoms with Gasteiger partial charge in [0.15, 0.2) is 0 Å². The molecule has 5 nitrogen and oxygen atoms in total. The van der Waals surface area contributed by atoms with E-state index in [2.05, 4.69) is 10.6 Å². The lowest BCUT2D eigenvalue weighted by molar-refractivity contribution is 0.0863. The van der Waals surface area contributed by atoms with E-state index < -0.39 is 5.60 Å². The molecule has 3 N–H and O–H groups in total. The van der Waals surface area contributed by atoms with Crippen LogP contribution in [-0.2, 0) is 12.1 Å². The lowest BCUT2D eigenvalue weighted by atomic mass is 9.94. The van der Waals surface area contributed by atoms with Crippen molar-refractivity contribution in [3.05, 3.63) is 74.6 Å². The number of amides is 2. The van der Waals surface area contributed by atoms with Gasteiger partial charge < -0.3 is 20.5 Å². The van der Waals surface area contributed by atoms with Gasteiger partial charge in [0.25, 0.3) is 0 Å². The van der Waals surface area contributed by atoms with Gasteiger partial charge in [0, 0.05) is 17.0 Å². The highest BCUT2D eigenvalue weighted by Gasteiger charge is 2.33. The van der Waals surface area contributed by atoms with Gasteiger partial charge in [-0.25, -0.2) is 4.79 Å². The number of urea groups is 1. The Morgan fingerprint density at radius 2 is 1.96 bits per heavy atom. The average Bonchev–Trinajstić information content (AvgIpc) is 3.39. The molecule has 0 bridgehead atoms. The molecule has 2 aromatic heterocycles. The zero-order valence-electron chi connectivity index (χ0n) is 14.3. The minimum Gasteiger partial charge on any atom is -0.497 e. The van der Waals surface area contributed by atoms with Crippen molar-refractivity contribution in [2.75, 3.05) is 13.7 Å². The number of aliphatic hydroxyl groups is 1. The second kappa shape index (κ2) is 8.35. The zero-order chi connectivity index (χ0) is 18.4. The van der Waals surface area contributed by atoms with Crippen molar-refractivity contribution in [3.63, 3.8) is 0 Å². The van der Waals surface area contributed by atoms with Gasteiger partial charge in [-0.3, -0.25) is 0 Å². The van der Waals surface area contributed by atoms with Crippen LogP contribution in [0.1, 0.15) is 16.0 Å².